The first-order valence-corrected chi connectivity index (χ1v) is 13.0. The van der Waals surface area contributed by atoms with Gasteiger partial charge in [0.05, 0.1) is 12.0 Å². The average molecular weight is 484 g/mol. The monoisotopic (exact) mass is 483 g/mol. The largest absolute Gasteiger partial charge is 0.497 e. The van der Waals surface area contributed by atoms with E-state index in [1.807, 2.05) is 4.90 Å². The minimum Gasteiger partial charge on any atom is -0.497 e. The predicted molar refractivity (Wildman–Crippen MR) is 131 cm³/mol. The zero-order valence-corrected chi connectivity index (χ0v) is 20.0. The second kappa shape index (κ2) is 10.3. The average Bonchev–Trinajstić information content (AvgIpc) is 2.98. The van der Waals surface area contributed by atoms with Gasteiger partial charge in [-0.15, -0.1) is 0 Å². The fraction of sp³-hybridized carbons (Fsp3) is 0.360. The molecule has 0 saturated carbocycles. The molecule has 0 unspecified atom stereocenters. The number of carbonyl (C=O) groups is 2. The van der Waals surface area contributed by atoms with Crippen molar-refractivity contribution in [3.8, 4) is 5.75 Å². The Kier molecular flexibility index (Phi) is 7.21. The number of benzene rings is 2. The molecule has 9 heteroatoms. The van der Waals surface area contributed by atoms with Crippen LogP contribution in [0, 0.1) is 0 Å². The van der Waals surface area contributed by atoms with Crippen molar-refractivity contribution in [1.82, 2.24) is 9.47 Å². The second-order valence-corrected chi connectivity index (χ2v) is 10.4. The minimum absolute atomic E-state index is 0.0256. The summed E-state index contributed by atoms with van der Waals surface area (Å²) in [6, 6.07) is 13.8. The van der Waals surface area contributed by atoms with Crippen LogP contribution in [0.5, 0.6) is 5.75 Å². The van der Waals surface area contributed by atoms with Crippen LogP contribution in [-0.4, -0.2) is 55.7 Å². The molecule has 1 aliphatic rings. The van der Waals surface area contributed by atoms with E-state index < -0.39 is 21.5 Å². The minimum atomic E-state index is -3.96. The highest BCUT2D eigenvalue weighted by Gasteiger charge is 2.26. The zero-order chi connectivity index (χ0) is 24.1. The van der Waals surface area contributed by atoms with E-state index in [9.17, 15) is 18.0 Å². The SMILES string of the molecule is COc1cccc(NC(=O)CS(=O)(=O)c2cn(CC(=O)N3CCCCCC3)c3ccccc23)c1. The Hall–Kier alpha value is -3.33. The van der Waals surface area contributed by atoms with Crippen LogP contribution in [0.4, 0.5) is 5.69 Å². The Balaban J connectivity index is 1.55. The van der Waals surface area contributed by atoms with Crippen molar-refractivity contribution in [2.75, 3.05) is 31.3 Å². The summed E-state index contributed by atoms with van der Waals surface area (Å²) in [6.45, 7) is 1.52. The first-order chi connectivity index (χ1) is 16.4. The van der Waals surface area contributed by atoms with Gasteiger partial charge in [-0.3, -0.25) is 9.59 Å². The Morgan fingerprint density at radius 3 is 2.47 bits per heavy atom. The van der Waals surface area contributed by atoms with Crippen LogP contribution < -0.4 is 10.1 Å². The fourth-order valence-corrected chi connectivity index (χ4v) is 5.67. The van der Waals surface area contributed by atoms with Gasteiger partial charge in [0.25, 0.3) is 0 Å². The number of fused-ring (bicyclic) bond motifs is 1. The lowest BCUT2D eigenvalue weighted by Gasteiger charge is -2.20. The van der Waals surface area contributed by atoms with E-state index in [0.717, 1.165) is 38.8 Å². The molecule has 0 atom stereocenters. The summed E-state index contributed by atoms with van der Waals surface area (Å²) < 4.78 is 33.3. The summed E-state index contributed by atoms with van der Waals surface area (Å²) in [5.41, 5.74) is 1.10. The number of hydrogen-bond acceptors (Lipinski definition) is 5. The lowest BCUT2D eigenvalue weighted by molar-refractivity contribution is -0.131. The van der Waals surface area contributed by atoms with E-state index >= 15 is 0 Å². The number of nitrogens with zero attached hydrogens (tertiary/aromatic N) is 2. The molecule has 180 valence electrons. The number of likely N-dealkylation sites (tertiary alicyclic amines) is 1. The molecule has 2 aromatic carbocycles. The molecular formula is C25H29N3O5S. The first-order valence-electron chi connectivity index (χ1n) is 11.4. The molecule has 1 saturated heterocycles. The number of nitrogens with one attached hydrogen (secondary N) is 1. The topological polar surface area (TPSA) is 97.7 Å². The fourth-order valence-electron chi connectivity index (χ4n) is 4.31. The van der Waals surface area contributed by atoms with Crippen molar-refractivity contribution >= 4 is 38.2 Å². The standard InChI is InChI=1S/C25H29N3O5S/c1-33-20-10-8-9-19(15-20)26-24(29)18-34(31,32)23-16-28(22-12-5-4-11-21(22)23)17-25(30)27-13-6-2-3-7-14-27/h4-5,8-12,15-16H,2-3,6-7,13-14,17-18H2,1H3,(H,26,29). The molecule has 1 fully saturated rings. The Morgan fingerprint density at radius 2 is 1.74 bits per heavy atom. The molecule has 1 aliphatic heterocycles. The molecule has 4 rings (SSSR count). The number of ether oxygens (including phenoxy) is 1. The molecule has 2 amide bonds. The molecule has 1 aromatic heterocycles. The van der Waals surface area contributed by atoms with Gasteiger partial charge in [-0.25, -0.2) is 8.42 Å². The van der Waals surface area contributed by atoms with Crippen LogP contribution in [-0.2, 0) is 26.0 Å². The third-order valence-electron chi connectivity index (χ3n) is 6.03. The van der Waals surface area contributed by atoms with E-state index in [4.69, 9.17) is 4.74 Å². The van der Waals surface area contributed by atoms with E-state index in [1.165, 1.54) is 13.3 Å². The van der Waals surface area contributed by atoms with Crippen LogP contribution in [0.1, 0.15) is 25.7 Å². The second-order valence-electron chi connectivity index (χ2n) is 8.47. The van der Waals surface area contributed by atoms with Gasteiger partial charge in [0.15, 0.2) is 9.84 Å². The number of hydrogen-bond donors (Lipinski definition) is 1. The van der Waals surface area contributed by atoms with Crippen molar-refractivity contribution in [2.45, 2.75) is 37.1 Å². The maximum atomic E-state index is 13.2. The normalized spacial score (nSPS) is 14.6. The van der Waals surface area contributed by atoms with Crippen LogP contribution in [0.25, 0.3) is 10.9 Å². The molecule has 0 aliphatic carbocycles. The highest BCUT2D eigenvalue weighted by molar-refractivity contribution is 7.92. The van der Waals surface area contributed by atoms with Crippen molar-refractivity contribution in [3.63, 3.8) is 0 Å². The Bertz CT molecular complexity index is 1290. The lowest BCUT2D eigenvalue weighted by atomic mass is 10.2. The maximum Gasteiger partial charge on any atom is 0.242 e. The summed E-state index contributed by atoms with van der Waals surface area (Å²) in [5.74, 6) is -0.830. The smallest absolute Gasteiger partial charge is 0.242 e. The highest BCUT2D eigenvalue weighted by atomic mass is 32.2. The maximum absolute atomic E-state index is 13.2. The van der Waals surface area contributed by atoms with E-state index in [0.29, 0.717) is 22.3 Å². The number of sulfone groups is 1. The van der Waals surface area contributed by atoms with Gasteiger partial charge in [0, 0.05) is 41.9 Å². The number of amides is 2. The van der Waals surface area contributed by atoms with E-state index in [1.54, 1.807) is 53.1 Å². The molecule has 0 radical (unpaired) electrons. The van der Waals surface area contributed by atoms with Gasteiger partial charge in [-0.1, -0.05) is 37.1 Å². The first kappa shape index (κ1) is 23.8. The van der Waals surface area contributed by atoms with Crippen LogP contribution in [0.3, 0.4) is 0 Å². The number of methoxy groups -OCH3 is 1. The molecule has 8 nitrogen and oxygen atoms in total. The number of rotatable bonds is 7. The van der Waals surface area contributed by atoms with Crippen molar-refractivity contribution < 1.29 is 22.7 Å². The quantitative estimate of drug-likeness (QED) is 0.555. The van der Waals surface area contributed by atoms with Gasteiger partial charge in [-0.05, 0) is 31.0 Å². The van der Waals surface area contributed by atoms with E-state index in [-0.39, 0.29) is 17.3 Å². The summed E-state index contributed by atoms with van der Waals surface area (Å²) in [7, 11) is -2.44. The van der Waals surface area contributed by atoms with Gasteiger partial charge >= 0.3 is 0 Å². The zero-order valence-electron chi connectivity index (χ0n) is 19.2. The van der Waals surface area contributed by atoms with Gasteiger partial charge in [0.1, 0.15) is 18.0 Å². The number of carbonyl (C=O) groups excluding carboxylic acids is 2. The molecule has 34 heavy (non-hydrogen) atoms. The van der Waals surface area contributed by atoms with Gasteiger partial charge in [0.2, 0.25) is 11.8 Å². The molecule has 1 N–H and O–H groups in total. The van der Waals surface area contributed by atoms with Crippen LogP contribution in [0.15, 0.2) is 59.6 Å². The molecule has 3 aromatic rings. The third kappa shape index (κ3) is 5.41. The summed E-state index contributed by atoms with van der Waals surface area (Å²) >= 11 is 0. The van der Waals surface area contributed by atoms with Crippen molar-refractivity contribution in [2.24, 2.45) is 0 Å². The Labute approximate surface area is 199 Å². The summed E-state index contributed by atoms with van der Waals surface area (Å²) in [4.78, 5) is 27.4. The van der Waals surface area contributed by atoms with Crippen molar-refractivity contribution in [1.29, 1.82) is 0 Å². The predicted octanol–water partition coefficient (Wildman–Crippen LogP) is 3.46. The molecule has 0 spiro atoms. The molecular weight excluding hydrogens is 454 g/mol. The number of aromatic nitrogens is 1. The summed E-state index contributed by atoms with van der Waals surface area (Å²) in [5, 5.41) is 3.11. The Morgan fingerprint density at radius 1 is 1.00 bits per heavy atom. The molecule has 2 heterocycles. The lowest BCUT2D eigenvalue weighted by Crippen LogP contribution is -2.34. The van der Waals surface area contributed by atoms with E-state index in [2.05, 4.69) is 5.32 Å². The van der Waals surface area contributed by atoms with Gasteiger partial charge in [-0.2, -0.15) is 0 Å². The third-order valence-corrected chi connectivity index (χ3v) is 7.66. The molecule has 0 bridgehead atoms. The van der Waals surface area contributed by atoms with Crippen molar-refractivity contribution in [3.05, 3.63) is 54.7 Å². The number of para-hydroxylation sites is 1. The summed E-state index contributed by atoms with van der Waals surface area (Å²) in [6.07, 6.45) is 5.70. The number of anilines is 1. The highest BCUT2D eigenvalue weighted by Crippen LogP contribution is 2.27. The van der Waals surface area contributed by atoms with Gasteiger partial charge < -0.3 is 19.5 Å². The van der Waals surface area contributed by atoms with Crippen LogP contribution in [0.2, 0.25) is 0 Å². The van der Waals surface area contributed by atoms with Crippen LogP contribution >= 0.6 is 0 Å².